The zero-order valence-electron chi connectivity index (χ0n) is 10.8. The second-order valence-electron chi connectivity index (χ2n) is 4.33. The summed E-state index contributed by atoms with van der Waals surface area (Å²) < 4.78 is 0. The molecular formula is C13H13N3O4. The van der Waals surface area contributed by atoms with Crippen LogP contribution in [0.2, 0.25) is 0 Å². The number of hydrogen-bond acceptors (Lipinski definition) is 5. The molecule has 0 fully saturated rings. The number of rotatable bonds is 5. The van der Waals surface area contributed by atoms with Gasteiger partial charge in [0.15, 0.2) is 0 Å². The average Bonchev–Trinajstić information content (AvgIpc) is 2.43. The number of carboxylic acid groups (broad SMARTS) is 1. The molecule has 1 aromatic carbocycles. The van der Waals surface area contributed by atoms with Crippen LogP contribution < -0.4 is 4.90 Å². The Labute approximate surface area is 114 Å². The lowest BCUT2D eigenvalue weighted by Crippen LogP contribution is -2.22. The van der Waals surface area contributed by atoms with Crippen LogP contribution in [0.1, 0.15) is 6.42 Å². The molecule has 0 amide bonds. The molecule has 2 aromatic rings. The number of hydrogen-bond donors (Lipinski definition) is 1. The lowest BCUT2D eigenvalue weighted by molar-refractivity contribution is -0.382. The highest BCUT2D eigenvalue weighted by atomic mass is 16.6. The largest absolute Gasteiger partial charge is 0.481 e. The quantitative estimate of drug-likeness (QED) is 0.662. The Kier molecular flexibility index (Phi) is 3.79. The molecule has 0 bridgehead atoms. The summed E-state index contributed by atoms with van der Waals surface area (Å²) in [5.41, 5.74) is 0.870. The first-order chi connectivity index (χ1) is 9.50. The Morgan fingerprint density at radius 3 is 2.85 bits per heavy atom. The van der Waals surface area contributed by atoms with Crippen LogP contribution in [0.15, 0.2) is 30.5 Å². The van der Waals surface area contributed by atoms with Crippen molar-refractivity contribution in [3.63, 3.8) is 0 Å². The van der Waals surface area contributed by atoms with Crippen LogP contribution in [0.4, 0.5) is 11.4 Å². The highest BCUT2D eigenvalue weighted by Crippen LogP contribution is 2.34. The summed E-state index contributed by atoms with van der Waals surface area (Å²) >= 11 is 0. The van der Waals surface area contributed by atoms with Gasteiger partial charge >= 0.3 is 11.7 Å². The molecule has 0 aliphatic carbocycles. The van der Waals surface area contributed by atoms with E-state index in [9.17, 15) is 14.9 Å². The number of anilines is 1. The lowest BCUT2D eigenvalue weighted by atomic mass is 10.1. The Bertz CT molecular complexity index is 672. The number of pyridine rings is 1. The second-order valence-corrected chi connectivity index (χ2v) is 4.33. The van der Waals surface area contributed by atoms with Crippen molar-refractivity contribution in [3.8, 4) is 0 Å². The number of carboxylic acids is 1. The van der Waals surface area contributed by atoms with Crippen LogP contribution >= 0.6 is 0 Å². The van der Waals surface area contributed by atoms with Gasteiger partial charge in [-0.25, -0.2) is 0 Å². The Morgan fingerprint density at radius 1 is 1.45 bits per heavy atom. The molecule has 20 heavy (non-hydrogen) atoms. The normalized spacial score (nSPS) is 10.4. The summed E-state index contributed by atoms with van der Waals surface area (Å²) in [6.45, 7) is 0.196. The third-order valence-electron chi connectivity index (χ3n) is 2.99. The Hall–Kier alpha value is -2.70. The summed E-state index contributed by atoms with van der Waals surface area (Å²) in [6.07, 6.45) is 1.48. The van der Waals surface area contributed by atoms with Crippen molar-refractivity contribution < 1.29 is 14.8 Å². The minimum atomic E-state index is -0.943. The van der Waals surface area contributed by atoms with E-state index in [1.807, 2.05) is 0 Å². The van der Waals surface area contributed by atoms with E-state index < -0.39 is 10.9 Å². The van der Waals surface area contributed by atoms with Gasteiger partial charge in [-0.1, -0.05) is 0 Å². The SMILES string of the molecule is CN(CCC(=O)O)c1ccc2ncccc2c1[N+](=O)[O-]. The fourth-order valence-electron chi connectivity index (χ4n) is 2.01. The van der Waals surface area contributed by atoms with Crippen LogP contribution in [0.25, 0.3) is 10.9 Å². The maximum atomic E-state index is 11.3. The van der Waals surface area contributed by atoms with Gasteiger partial charge in [-0.05, 0) is 24.3 Å². The topological polar surface area (TPSA) is 96.6 Å². The number of carbonyl (C=O) groups is 1. The molecule has 0 unspecified atom stereocenters. The van der Waals surface area contributed by atoms with E-state index in [0.29, 0.717) is 16.6 Å². The van der Waals surface area contributed by atoms with Gasteiger partial charge < -0.3 is 10.0 Å². The maximum Gasteiger partial charge on any atom is 0.305 e. The number of nitro groups is 1. The summed E-state index contributed by atoms with van der Waals surface area (Å²) in [6, 6.07) is 6.55. The third kappa shape index (κ3) is 2.66. The first-order valence-electron chi connectivity index (χ1n) is 5.95. The van der Waals surface area contributed by atoms with E-state index in [1.54, 1.807) is 42.4 Å². The standard InChI is InChI=1S/C13H13N3O4/c1-15(8-6-12(17)18)11-5-4-10-9(3-2-7-14-10)13(11)16(19)20/h2-5,7H,6,8H2,1H3,(H,17,18). The van der Waals surface area contributed by atoms with Crippen molar-refractivity contribution in [3.05, 3.63) is 40.6 Å². The molecule has 0 spiro atoms. The highest BCUT2D eigenvalue weighted by molar-refractivity contribution is 5.94. The summed E-state index contributed by atoms with van der Waals surface area (Å²) in [5.74, 6) is -0.943. The Balaban J connectivity index is 2.50. The third-order valence-corrected chi connectivity index (χ3v) is 2.99. The van der Waals surface area contributed by atoms with Gasteiger partial charge in [0.2, 0.25) is 0 Å². The van der Waals surface area contributed by atoms with E-state index in [1.165, 1.54) is 0 Å². The molecule has 1 N–H and O–H groups in total. The van der Waals surface area contributed by atoms with Gasteiger partial charge in [-0.2, -0.15) is 0 Å². The molecule has 7 nitrogen and oxygen atoms in total. The smallest absolute Gasteiger partial charge is 0.305 e. The van der Waals surface area contributed by atoms with E-state index in [-0.39, 0.29) is 18.7 Å². The van der Waals surface area contributed by atoms with E-state index in [0.717, 1.165) is 0 Å². The second kappa shape index (κ2) is 5.52. The molecule has 0 aliphatic rings. The molecule has 0 radical (unpaired) electrons. The number of fused-ring (bicyclic) bond motifs is 1. The number of nitrogens with zero attached hydrogens (tertiary/aromatic N) is 3. The molecule has 0 atom stereocenters. The molecule has 0 saturated heterocycles. The lowest BCUT2D eigenvalue weighted by Gasteiger charge is -2.18. The van der Waals surface area contributed by atoms with Crippen molar-refractivity contribution in [1.29, 1.82) is 0 Å². The zero-order valence-corrected chi connectivity index (χ0v) is 10.8. The van der Waals surface area contributed by atoms with Crippen molar-refractivity contribution in [2.75, 3.05) is 18.5 Å². The van der Waals surface area contributed by atoms with Crippen LogP contribution in [-0.2, 0) is 4.79 Å². The highest BCUT2D eigenvalue weighted by Gasteiger charge is 2.21. The summed E-state index contributed by atoms with van der Waals surface area (Å²) in [4.78, 5) is 27.1. The maximum absolute atomic E-state index is 11.3. The minimum absolute atomic E-state index is 0.0523. The summed E-state index contributed by atoms with van der Waals surface area (Å²) in [5, 5.41) is 20.4. The molecule has 0 aliphatic heterocycles. The molecule has 1 aromatic heterocycles. The molecular weight excluding hydrogens is 262 g/mol. The van der Waals surface area contributed by atoms with Gasteiger partial charge in [0, 0.05) is 19.8 Å². The zero-order chi connectivity index (χ0) is 14.7. The minimum Gasteiger partial charge on any atom is -0.481 e. The number of nitro benzene ring substituents is 1. The predicted molar refractivity (Wildman–Crippen MR) is 73.9 cm³/mol. The average molecular weight is 275 g/mol. The van der Waals surface area contributed by atoms with Crippen molar-refractivity contribution in [1.82, 2.24) is 4.98 Å². The van der Waals surface area contributed by atoms with Crippen molar-refractivity contribution >= 4 is 28.2 Å². The molecule has 1 heterocycles. The van der Waals surface area contributed by atoms with Crippen LogP contribution in [0.5, 0.6) is 0 Å². The van der Waals surface area contributed by atoms with Crippen molar-refractivity contribution in [2.24, 2.45) is 0 Å². The molecule has 104 valence electrons. The fourth-order valence-corrected chi connectivity index (χ4v) is 2.01. The number of aromatic nitrogens is 1. The van der Waals surface area contributed by atoms with Gasteiger partial charge in [0.25, 0.3) is 0 Å². The van der Waals surface area contributed by atoms with Gasteiger partial charge in [0.05, 0.1) is 22.2 Å². The van der Waals surface area contributed by atoms with Gasteiger partial charge in [-0.3, -0.25) is 19.9 Å². The van der Waals surface area contributed by atoms with Crippen molar-refractivity contribution in [2.45, 2.75) is 6.42 Å². The van der Waals surface area contributed by atoms with Crippen LogP contribution in [0, 0.1) is 10.1 Å². The number of aliphatic carboxylic acids is 1. The van der Waals surface area contributed by atoms with Crippen LogP contribution in [-0.4, -0.2) is 34.6 Å². The van der Waals surface area contributed by atoms with E-state index in [2.05, 4.69) is 4.98 Å². The summed E-state index contributed by atoms with van der Waals surface area (Å²) in [7, 11) is 1.63. The monoisotopic (exact) mass is 275 g/mol. The molecule has 0 saturated carbocycles. The molecule has 2 rings (SSSR count). The predicted octanol–water partition coefficient (Wildman–Crippen LogP) is 2.05. The van der Waals surface area contributed by atoms with Crippen LogP contribution in [0.3, 0.4) is 0 Å². The molecule has 7 heteroatoms. The van der Waals surface area contributed by atoms with E-state index >= 15 is 0 Å². The first-order valence-corrected chi connectivity index (χ1v) is 5.95. The van der Waals surface area contributed by atoms with E-state index in [4.69, 9.17) is 5.11 Å². The fraction of sp³-hybridized carbons (Fsp3) is 0.231. The van der Waals surface area contributed by atoms with Gasteiger partial charge in [-0.15, -0.1) is 0 Å². The Morgan fingerprint density at radius 2 is 2.20 bits per heavy atom. The number of benzene rings is 1. The first kappa shape index (κ1) is 13.7. The van der Waals surface area contributed by atoms with Gasteiger partial charge in [0.1, 0.15) is 5.69 Å².